The van der Waals surface area contributed by atoms with E-state index in [9.17, 15) is 4.79 Å². The first-order valence-corrected chi connectivity index (χ1v) is 9.31. The third kappa shape index (κ3) is 2.61. The molecule has 1 saturated carbocycles. The van der Waals surface area contributed by atoms with Crippen LogP contribution in [-0.4, -0.2) is 22.1 Å². The van der Waals surface area contributed by atoms with Gasteiger partial charge in [0, 0.05) is 18.5 Å². The van der Waals surface area contributed by atoms with Crippen LogP contribution >= 0.6 is 11.3 Å². The minimum Gasteiger partial charge on any atom is -0.311 e. The van der Waals surface area contributed by atoms with Crippen molar-refractivity contribution >= 4 is 21.6 Å². The van der Waals surface area contributed by atoms with Gasteiger partial charge in [-0.05, 0) is 49.5 Å². The van der Waals surface area contributed by atoms with Crippen LogP contribution in [0.5, 0.6) is 0 Å². The maximum atomic E-state index is 12.2. The average Bonchev–Trinajstić information content (AvgIpc) is 2.89. The average molecular weight is 317 g/mol. The van der Waals surface area contributed by atoms with E-state index >= 15 is 0 Å². The number of aromatic amines is 1. The van der Waals surface area contributed by atoms with E-state index in [4.69, 9.17) is 0 Å². The molecule has 2 aliphatic rings. The number of aryl methyl sites for hydroxylation is 1. The van der Waals surface area contributed by atoms with Crippen LogP contribution in [0.15, 0.2) is 10.2 Å². The van der Waals surface area contributed by atoms with Crippen LogP contribution in [0.3, 0.4) is 0 Å². The van der Waals surface area contributed by atoms with Gasteiger partial charge in [0.1, 0.15) is 10.7 Å². The summed E-state index contributed by atoms with van der Waals surface area (Å²) in [5.41, 5.74) is 1.05. The van der Waals surface area contributed by atoms with Gasteiger partial charge < -0.3 is 10.3 Å². The fourth-order valence-corrected chi connectivity index (χ4v) is 5.14. The number of aromatic nitrogens is 2. The van der Waals surface area contributed by atoms with E-state index in [0.29, 0.717) is 12.1 Å². The minimum absolute atomic E-state index is 0.0186. The van der Waals surface area contributed by atoms with E-state index < -0.39 is 0 Å². The van der Waals surface area contributed by atoms with Crippen LogP contribution in [0, 0.1) is 12.8 Å². The summed E-state index contributed by atoms with van der Waals surface area (Å²) in [5, 5.41) is 6.60. The normalized spacial score (nSPS) is 28.7. The number of hydrogen-bond donors (Lipinski definition) is 2. The van der Waals surface area contributed by atoms with Gasteiger partial charge in [0.05, 0.1) is 5.39 Å². The van der Waals surface area contributed by atoms with Crippen molar-refractivity contribution in [1.82, 2.24) is 15.3 Å². The molecule has 1 aliphatic carbocycles. The number of fused-ring (bicyclic) bond motifs is 2. The Balaban J connectivity index is 1.52. The van der Waals surface area contributed by atoms with E-state index in [-0.39, 0.29) is 5.56 Å². The number of piperidine rings is 1. The largest absolute Gasteiger partial charge is 0.311 e. The van der Waals surface area contributed by atoms with E-state index in [1.165, 1.54) is 38.5 Å². The molecule has 0 bridgehead atoms. The lowest BCUT2D eigenvalue weighted by molar-refractivity contribution is 0.175. The van der Waals surface area contributed by atoms with Gasteiger partial charge in [-0.25, -0.2) is 4.98 Å². The molecule has 3 atom stereocenters. The third-order valence-corrected chi connectivity index (χ3v) is 6.35. The third-order valence-electron chi connectivity index (χ3n) is 5.36. The van der Waals surface area contributed by atoms with Crippen LogP contribution in [-0.2, 0) is 6.42 Å². The Morgan fingerprint density at radius 1 is 1.27 bits per heavy atom. The Labute approximate surface area is 134 Å². The summed E-state index contributed by atoms with van der Waals surface area (Å²) < 4.78 is 0. The Morgan fingerprint density at radius 3 is 3.05 bits per heavy atom. The number of rotatable bonds is 2. The summed E-state index contributed by atoms with van der Waals surface area (Å²) in [4.78, 5) is 20.8. The number of H-pyrrole nitrogens is 1. The van der Waals surface area contributed by atoms with E-state index in [0.717, 1.165) is 33.9 Å². The second-order valence-electron chi connectivity index (χ2n) is 6.91. The summed E-state index contributed by atoms with van der Waals surface area (Å²) >= 11 is 1.57. The van der Waals surface area contributed by atoms with Crippen molar-refractivity contribution in [1.29, 1.82) is 0 Å². The Morgan fingerprint density at radius 2 is 2.14 bits per heavy atom. The SMILES string of the molecule is Cc1csc2nc(CC3CCC4CCCCC4N3)[nH]c(=O)c12. The van der Waals surface area contributed by atoms with Gasteiger partial charge in [-0.1, -0.05) is 12.8 Å². The molecule has 1 aliphatic heterocycles. The molecule has 0 aromatic carbocycles. The van der Waals surface area contributed by atoms with Gasteiger partial charge in [0.25, 0.3) is 5.56 Å². The van der Waals surface area contributed by atoms with Gasteiger partial charge in [-0.15, -0.1) is 11.3 Å². The predicted molar refractivity (Wildman–Crippen MR) is 90.6 cm³/mol. The molecule has 22 heavy (non-hydrogen) atoms. The fraction of sp³-hybridized carbons (Fsp3) is 0.647. The van der Waals surface area contributed by atoms with Crippen molar-refractivity contribution < 1.29 is 0 Å². The molecule has 3 unspecified atom stereocenters. The molecular weight excluding hydrogens is 294 g/mol. The molecule has 1 saturated heterocycles. The van der Waals surface area contributed by atoms with Crippen molar-refractivity contribution in [2.45, 2.75) is 64.0 Å². The van der Waals surface area contributed by atoms with Gasteiger partial charge >= 0.3 is 0 Å². The quantitative estimate of drug-likeness (QED) is 0.894. The summed E-state index contributed by atoms with van der Waals surface area (Å²) in [6.07, 6.45) is 8.83. The molecule has 2 N–H and O–H groups in total. The highest BCUT2D eigenvalue weighted by molar-refractivity contribution is 7.16. The van der Waals surface area contributed by atoms with Crippen LogP contribution in [0.25, 0.3) is 10.2 Å². The van der Waals surface area contributed by atoms with Crippen LogP contribution < -0.4 is 10.9 Å². The number of hydrogen-bond acceptors (Lipinski definition) is 4. The molecule has 0 radical (unpaired) electrons. The zero-order valence-corrected chi connectivity index (χ0v) is 13.8. The van der Waals surface area contributed by atoms with Gasteiger partial charge in [-0.3, -0.25) is 4.79 Å². The number of nitrogens with one attached hydrogen (secondary N) is 2. The fourth-order valence-electron chi connectivity index (χ4n) is 4.20. The first kappa shape index (κ1) is 14.4. The van der Waals surface area contributed by atoms with Gasteiger partial charge in [0.15, 0.2) is 0 Å². The van der Waals surface area contributed by atoms with Crippen molar-refractivity contribution in [3.63, 3.8) is 0 Å². The summed E-state index contributed by atoms with van der Waals surface area (Å²) in [5.74, 6) is 1.71. The summed E-state index contributed by atoms with van der Waals surface area (Å²) in [6.45, 7) is 1.97. The lowest BCUT2D eigenvalue weighted by atomic mass is 9.77. The van der Waals surface area contributed by atoms with Crippen molar-refractivity contribution in [2.24, 2.45) is 5.92 Å². The topological polar surface area (TPSA) is 57.8 Å². The second kappa shape index (κ2) is 5.78. The molecule has 0 amide bonds. The van der Waals surface area contributed by atoms with Crippen molar-refractivity contribution in [3.05, 3.63) is 27.1 Å². The van der Waals surface area contributed by atoms with Crippen LogP contribution in [0.4, 0.5) is 0 Å². The lowest BCUT2D eigenvalue weighted by Crippen LogP contribution is -2.49. The van der Waals surface area contributed by atoms with Gasteiger partial charge in [0.2, 0.25) is 0 Å². The molecule has 4 rings (SSSR count). The summed E-state index contributed by atoms with van der Waals surface area (Å²) in [7, 11) is 0. The van der Waals surface area contributed by atoms with E-state index in [1.807, 2.05) is 12.3 Å². The monoisotopic (exact) mass is 317 g/mol. The zero-order chi connectivity index (χ0) is 15.1. The highest BCUT2D eigenvalue weighted by Crippen LogP contribution is 2.32. The van der Waals surface area contributed by atoms with E-state index in [2.05, 4.69) is 15.3 Å². The maximum Gasteiger partial charge on any atom is 0.259 e. The molecule has 5 heteroatoms. The Bertz CT molecular complexity index is 735. The molecular formula is C17H23N3OS. The number of thiophene rings is 1. The smallest absolute Gasteiger partial charge is 0.259 e. The van der Waals surface area contributed by atoms with Crippen molar-refractivity contribution in [3.8, 4) is 0 Å². The molecule has 4 nitrogen and oxygen atoms in total. The summed E-state index contributed by atoms with van der Waals surface area (Å²) in [6, 6.07) is 1.15. The predicted octanol–water partition coefficient (Wildman–Crippen LogP) is 3.15. The Hall–Kier alpha value is -1.20. The number of nitrogens with zero attached hydrogens (tertiary/aromatic N) is 1. The van der Waals surface area contributed by atoms with Crippen molar-refractivity contribution in [2.75, 3.05) is 0 Å². The molecule has 2 fully saturated rings. The zero-order valence-electron chi connectivity index (χ0n) is 13.0. The molecule has 118 valence electrons. The van der Waals surface area contributed by atoms with Gasteiger partial charge in [-0.2, -0.15) is 0 Å². The lowest BCUT2D eigenvalue weighted by Gasteiger charge is -2.40. The Kier molecular flexibility index (Phi) is 3.78. The standard InChI is InChI=1S/C17H23N3OS/c1-10-9-22-17-15(10)16(21)19-14(20-17)8-12-7-6-11-4-2-3-5-13(11)18-12/h9,11-13,18H,2-8H2,1H3,(H,19,20,21). The minimum atomic E-state index is 0.0186. The molecule has 2 aromatic heterocycles. The van der Waals surface area contributed by atoms with Crippen LogP contribution in [0.1, 0.15) is 49.9 Å². The first-order valence-electron chi connectivity index (χ1n) is 8.44. The second-order valence-corrected chi connectivity index (χ2v) is 7.77. The molecule has 2 aromatic rings. The highest BCUT2D eigenvalue weighted by Gasteiger charge is 2.31. The molecule has 0 spiro atoms. The maximum absolute atomic E-state index is 12.2. The van der Waals surface area contributed by atoms with E-state index in [1.54, 1.807) is 11.3 Å². The van der Waals surface area contributed by atoms with Crippen LogP contribution in [0.2, 0.25) is 0 Å². The first-order chi connectivity index (χ1) is 10.7. The molecule has 3 heterocycles. The highest BCUT2D eigenvalue weighted by atomic mass is 32.1.